The second kappa shape index (κ2) is 9.33. The van der Waals surface area contributed by atoms with E-state index in [0.717, 1.165) is 16.7 Å². The number of nitrogens with zero attached hydrogens (tertiary/aromatic N) is 2. The summed E-state index contributed by atoms with van der Waals surface area (Å²) >= 11 is 0. The third kappa shape index (κ3) is 4.07. The summed E-state index contributed by atoms with van der Waals surface area (Å²) in [6.07, 6.45) is -0.133. The van der Waals surface area contributed by atoms with Crippen LogP contribution in [0.3, 0.4) is 0 Å². The lowest BCUT2D eigenvalue weighted by Crippen LogP contribution is -2.53. The molecule has 2 aliphatic heterocycles. The molecule has 0 aromatic heterocycles. The highest BCUT2D eigenvalue weighted by Gasteiger charge is 2.40. The first-order valence-electron chi connectivity index (χ1n) is 11.7. The Bertz CT molecular complexity index is 1260. The van der Waals surface area contributed by atoms with Crippen LogP contribution < -0.4 is 19.1 Å². The molecule has 0 fully saturated rings. The van der Waals surface area contributed by atoms with Crippen molar-refractivity contribution < 1.29 is 23.8 Å². The van der Waals surface area contributed by atoms with Gasteiger partial charge in [-0.25, -0.2) is 0 Å². The average Bonchev–Trinajstić information content (AvgIpc) is 2.90. The molecule has 2 aliphatic rings. The molecule has 180 valence electrons. The number of fused-ring (bicyclic) bond motifs is 2. The first-order chi connectivity index (χ1) is 17.0. The summed E-state index contributed by atoms with van der Waals surface area (Å²) in [4.78, 5) is 29.9. The molecule has 2 heterocycles. The fourth-order valence-corrected chi connectivity index (χ4v) is 5.02. The quantitative estimate of drug-likeness (QED) is 0.574. The fraction of sp³-hybridized carbons (Fsp3) is 0.286. The van der Waals surface area contributed by atoms with Crippen molar-refractivity contribution in [3.05, 3.63) is 83.4 Å². The Kier molecular flexibility index (Phi) is 6.07. The van der Waals surface area contributed by atoms with Gasteiger partial charge in [-0.2, -0.15) is 0 Å². The lowest BCUT2D eigenvalue weighted by molar-refractivity contribution is -0.141. The molecule has 2 amide bonds. The second-order valence-corrected chi connectivity index (χ2v) is 8.70. The van der Waals surface area contributed by atoms with Crippen LogP contribution in [0.15, 0.2) is 66.7 Å². The number of carbonyl (C=O) groups is 2. The van der Waals surface area contributed by atoms with Crippen molar-refractivity contribution in [2.24, 2.45) is 0 Å². The van der Waals surface area contributed by atoms with Crippen LogP contribution in [-0.4, -0.2) is 50.1 Å². The third-order valence-electron chi connectivity index (χ3n) is 6.70. The van der Waals surface area contributed by atoms with Crippen LogP contribution in [0.2, 0.25) is 0 Å². The topological polar surface area (TPSA) is 68.3 Å². The van der Waals surface area contributed by atoms with E-state index in [4.69, 9.17) is 14.2 Å². The van der Waals surface area contributed by atoms with Crippen molar-refractivity contribution in [3.63, 3.8) is 0 Å². The smallest absolute Gasteiger partial charge is 0.266 e. The number of hydrogen-bond donors (Lipinski definition) is 0. The minimum absolute atomic E-state index is 0.126. The maximum Gasteiger partial charge on any atom is 0.266 e. The zero-order valence-electron chi connectivity index (χ0n) is 20.1. The molecule has 7 nitrogen and oxygen atoms in total. The molecule has 0 N–H and O–H groups in total. The van der Waals surface area contributed by atoms with E-state index in [1.807, 2.05) is 65.6 Å². The molecule has 0 saturated heterocycles. The number of hydrogen-bond acceptors (Lipinski definition) is 5. The maximum absolute atomic E-state index is 14.0. The van der Waals surface area contributed by atoms with Crippen LogP contribution in [0.25, 0.3) is 0 Å². The van der Waals surface area contributed by atoms with Crippen molar-refractivity contribution in [2.75, 3.05) is 32.2 Å². The number of carbonyl (C=O) groups excluding carboxylic acids is 2. The van der Waals surface area contributed by atoms with Gasteiger partial charge in [-0.3, -0.25) is 9.59 Å². The Labute approximate surface area is 204 Å². The van der Waals surface area contributed by atoms with Gasteiger partial charge in [0.25, 0.3) is 5.91 Å². The van der Waals surface area contributed by atoms with Crippen LogP contribution in [-0.2, 0) is 16.0 Å². The molecule has 0 radical (unpaired) electrons. The minimum Gasteiger partial charge on any atom is -0.493 e. The summed E-state index contributed by atoms with van der Waals surface area (Å²) in [6.45, 7) is 2.19. The van der Waals surface area contributed by atoms with Gasteiger partial charge in [0.15, 0.2) is 17.6 Å². The molecule has 3 aromatic carbocycles. The fourth-order valence-electron chi connectivity index (χ4n) is 5.02. The standard InChI is InChI=1S/C28H28N2O5/c1-18(31)30-17-26(35-23-12-8-7-11-22(23)30)28(32)29-14-13-20-15-24(33-2)25(34-3)16-21(20)27(29)19-9-5-4-6-10-19/h4-12,15-16,26-27H,13-14,17H2,1-3H3/t26-,27-/m1/s1. The largest absolute Gasteiger partial charge is 0.493 e. The molecule has 5 rings (SSSR count). The summed E-state index contributed by atoms with van der Waals surface area (Å²) in [5.74, 6) is 1.54. The zero-order valence-corrected chi connectivity index (χ0v) is 20.1. The molecule has 0 aliphatic carbocycles. The van der Waals surface area contributed by atoms with E-state index < -0.39 is 6.10 Å². The molecule has 0 spiro atoms. The number of methoxy groups -OCH3 is 2. The Morgan fingerprint density at radius 2 is 1.63 bits per heavy atom. The Morgan fingerprint density at radius 1 is 0.943 bits per heavy atom. The molecule has 7 heteroatoms. The Morgan fingerprint density at radius 3 is 2.34 bits per heavy atom. The van der Waals surface area contributed by atoms with E-state index in [-0.39, 0.29) is 24.4 Å². The van der Waals surface area contributed by atoms with Crippen LogP contribution in [0.1, 0.15) is 29.7 Å². The minimum atomic E-state index is -0.804. The highest BCUT2D eigenvalue weighted by Crippen LogP contribution is 2.42. The number of para-hydroxylation sites is 2. The molecule has 0 unspecified atom stereocenters. The van der Waals surface area contributed by atoms with Gasteiger partial charge in [0.1, 0.15) is 5.75 Å². The highest BCUT2D eigenvalue weighted by molar-refractivity contribution is 5.96. The average molecular weight is 473 g/mol. The number of benzene rings is 3. The number of ether oxygens (including phenoxy) is 3. The summed E-state index contributed by atoms with van der Waals surface area (Å²) in [6, 6.07) is 20.9. The predicted octanol–water partition coefficient (Wildman–Crippen LogP) is 3.99. The highest BCUT2D eigenvalue weighted by atomic mass is 16.5. The van der Waals surface area contributed by atoms with E-state index in [2.05, 4.69) is 0 Å². The molecule has 0 saturated carbocycles. The van der Waals surface area contributed by atoms with Crippen LogP contribution >= 0.6 is 0 Å². The van der Waals surface area contributed by atoms with Gasteiger partial charge in [-0.1, -0.05) is 42.5 Å². The van der Waals surface area contributed by atoms with Crippen LogP contribution in [0, 0.1) is 0 Å². The summed E-state index contributed by atoms with van der Waals surface area (Å²) in [7, 11) is 3.23. The molecule has 35 heavy (non-hydrogen) atoms. The van der Waals surface area contributed by atoms with E-state index in [1.54, 1.807) is 25.2 Å². The lowest BCUT2D eigenvalue weighted by Gasteiger charge is -2.41. The number of anilines is 1. The van der Waals surface area contributed by atoms with Crippen LogP contribution in [0.4, 0.5) is 5.69 Å². The first-order valence-corrected chi connectivity index (χ1v) is 11.7. The van der Waals surface area contributed by atoms with E-state index >= 15 is 0 Å². The summed E-state index contributed by atoms with van der Waals surface area (Å²) in [5, 5.41) is 0. The van der Waals surface area contributed by atoms with Crippen molar-refractivity contribution in [1.29, 1.82) is 0 Å². The molecular weight excluding hydrogens is 444 g/mol. The van der Waals surface area contributed by atoms with Gasteiger partial charge in [-0.15, -0.1) is 0 Å². The van der Waals surface area contributed by atoms with Crippen molar-refractivity contribution in [3.8, 4) is 17.2 Å². The van der Waals surface area contributed by atoms with Gasteiger partial charge < -0.3 is 24.0 Å². The molecular formula is C28H28N2O5. The first kappa shape index (κ1) is 22.8. The van der Waals surface area contributed by atoms with E-state index in [0.29, 0.717) is 35.9 Å². The van der Waals surface area contributed by atoms with Crippen molar-refractivity contribution >= 4 is 17.5 Å². The van der Waals surface area contributed by atoms with Gasteiger partial charge >= 0.3 is 0 Å². The van der Waals surface area contributed by atoms with E-state index in [1.165, 1.54) is 6.92 Å². The molecule has 3 aromatic rings. The zero-order chi connectivity index (χ0) is 24.5. The van der Waals surface area contributed by atoms with E-state index in [9.17, 15) is 9.59 Å². The van der Waals surface area contributed by atoms with Gasteiger partial charge in [0, 0.05) is 13.5 Å². The predicted molar refractivity (Wildman–Crippen MR) is 132 cm³/mol. The van der Waals surface area contributed by atoms with Crippen LogP contribution in [0.5, 0.6) is 17.2 Å². The van der Waals surface area contributed by atoms with Crippen molar-refractivity contribution in [2.45, 2.75) is 25.5 Å². The Balaban J connectivity index is 1.55. The monoisotopic (exact) mass is 472 g/mol. The summed E-state index contributed by atoms with van der Waals surface area (Å²) < 4.78 is 17.2. The lowest BCUT2D eigenvalue weighted by atomic mass is 9.87. The summed E-state index contributed by atoms with van der Waals surface area (Å²) in [5.41, 5.74) is 3.78. The second-order valence-electron chi connectivity index (χ2n) is 8.70. The number of amides is 2. The van der Waals surface area contributed by atoms with Crippen molar-refractivity contribution in [1.82, 2.24) is 4.90 Å². The van der Waals surface area contributed by atoms with Gasteiger partial charge in [0.05, 0.1) is 32.5 Å². The van der Waals surface area contributed by atoms with Gasteiger partial charge in [0.2, 0.25) is 5.91 Å². The Hall–Kier alpha value is -4.00. The molecule has 2 atom stereocenters. The third-order valence-corrected chi connectivity index (χ3v) is 6.70. The molecule has 0 bridgehead atoms. The maximum atomic E-state index is 14.0. The number of rotatable bonds is 4. The SMILES string of the molecule is COc1cc2c(cc1OC)[C@@H](c1ccccc1)N(C(=O)[C@H]1CN(C(C)=O)c3ccccc3O1)CC2. The van der Waals surface area contributed by atoms with Gasteiger partial charge in [-0.05, 0) is 47.4 Å². The normalized spacial score (nSPS) is 18.7.